The first-order chi connectivity index (χ1) is 15.5. The first kappa shape index (κ1) is 23.9. The van der Waals surface area contributed by atoms with Gasteiger partial charge in [-0.2, -0.15) is 13.2 Å². The maximum atomic E-state index is 14.0. The van der Waals surface area contributed by atoms with E-state index in [9.17, 15) is 27.6 Å². The second kappa shape index (κ2) is 9.00. The molecule has 1 aliphatic rings. The molecule has 8 nitrogen and oxygen atoms in total. The molecule has 11 heteroatoms. The third-order valence-corrected chi connectivity index (χ3v) is 4.82. The Balaban J connectivity index is 1.84. The number of imide groups is 1. The first-order valence-electron chi connectivity index (χ1n) is 9.90. The summed E-state index contributed by atoms with van der Waals surface area (Å²) in [6, 6.07) is 10.2. The van der Waals surface area contributed by atoms with Gasteiger partial charge in [0.25, 0.3) is 17.5 Å². The summed E-state index contributed by atoms with van der Waals surface area (Å²) in [7, 11) is 1.44. The Morgan fingerprint density at radius 1 is 1.06 bits per heavy atom. The lowest BCUT2D eigenvalue weighted by Crippen LogP contribution is -2.69. The minimum atomic E-state index is -5.30. The number of carbonyl (C=O) groups is 3. The van der Waals surface area contributed by atoms with E-state index in [1.807, 2.05) is 0 Å². The molecule has 1 unspecified atom stereocenters. The Labute approximate surface area is 187 Å². The summed E-state index contributed by atoms with van der Waals surface area (Å²) in [4.78, 5) is 38.1. The maximum absolute atomic E-state index is 14.0. The summed E-state index contributed by atoms with van der Waals surface area (Å²) in [5, 5.41) is 3.29. The van der Waals surface area contributed by atoms with Gasteiger partial charge in [0.1, 0.15) is 11.5 Å². The molecule has 176 valence electrons. The molecule has 0 saturated carbocycles. The second-order valence-corrected chi connectivity index (χ2v) is 7.56. The minimum Gasteiger partial charge on any atom is -0.497 e. The molecule has 2 aromatic rings. The molecule has 1 heterocycles. The van der Waals surface area contributed by atoms with Crippen LogP contribution >= 0.6 is 0 Å². The molecule has 2 N–H and O–H groups in total. The highest BCUT2D eigenvalue weighted by Crippen LogP contribution is 2.35. The van der Waals surface area contributed by atoms with Crippen molar-refractivity contribution in [1.82, 2.24) is 15.5 Å². The topological polar surface area (TPSA) is 97.0 Å². The van der Waals surface area contributed by atoms with Gasteiger partial charge in [0.2, 0.25) is 0 Å². The van der Waals surface area contributed by atoms with E-state index in [0.717, 1.165) is 0 Å². The number of alkyl halides is 3. The number of ether oxygens (including phenoxy) is 2. The highest BCUT2D eigenvalue weighted by Gasteiger charge is 2.68. The van der Waals surface area contributed by atoms with Gasteiger partial charge in [0.05, 0.1) is 19.8 Å². The largest absolute Gasteiger partial charge is 0.497 e. The van der Waals surface area contributed by atoms with Gasteiger partial charge in [0, 0.05) is 5.56 Å². The van der Waals surface area contributed by atoms with Gasteiger partial charge in [-0.1, -0.05) is 12.1 Å². The SMILES string of the molecule is COc1ccc(CN2C(=O)NC(NC(=O)c3ccc(OC(C)C)cc3)(C(F)(F)F)C2=O)cc1. The van der Waals surface area contributed by atoms with Crippen LogP contribution < -0.4 is 20.1 Å². The van der Waals surface area contributed by atoms with Crippen molar-refractivity contribution in [3.63, 3.8) is 0 Å². The Morgan fingerprint density at radius 2 is 1.64 bits per heavy atom. The van der Waals surface area contributed by atoms with E-state index < -0.39 is 36.2 Å². The van der Waals surface area contributed by atoms with Gasteiger partial charge in [-0.15, -0.1) is 0 Å². The van der Waals surface area contributed by atoms with Crippen molar-refractivity contribution in [3.8, 4) is 11.5 Å². The molecule has 33 heavy (non-hydrogen) atoms. The third kappa shape index (κ3) is 4.86. The summed E-state index contributed by atoms with van der Waals surface area (Å²) < 4.78 is 52.5. The summed E-state index contributed by atoms with van der Waals surface area (Å²) in [5.41, 5.74) is -3.35. The van der Waals surface area contributed by atoms with Crippen LogP contribution in [0.3, 0.4) is 0 Å². The normalized spacial score (nSPS) is 18.3. The number of hydrogen-bond acceptors (Lipinski definition) is 5. The van der Waals surface area contributed by atoms with Crippen molar-refractivity contribution in [2.24, 2.45) is 0 Å². The van der Waals surface area contributed by atoms with Gasteiger partial charge < -0.3 is 14.8 Å². The number of methoxy groups -OCH3 is 1. The number of nitrogens with one attached hydrogen (secondary N) is 2. The van der Waals surface area contributed by atoms with Crippen LogP contribution in [0.1, 0.15) is 29.8 Å². The number of amides is 4. The number of halogens is 3. The molecule has 2 aromatic carbocycles. The van der Waals surface area contributed by atoms with Crippen LogP contribution in [0.5, 0.6) is 11.5 Å². The highest BCUT2D eigenvalue weighted by molar-refractivity contribution is 6.10. The van der Waals surface area contributed by atoms with Crippen molar-refractivity contribution in [2.45, 2.75) is 38.3 Å². The molecule has 0 spiro atoms. The molecule has 4 amide bonds. The molecule has 0 aromatic heterocycles. The fourth-order valence-corrected chi connectivity index (χ4v) is 3.18. The third-order valence-electron chi connectivity index (χ3n) is 4.82. The Bertz CT molecular complexity index is 1040. The first-order valence-corrected chi connectivity index (χ1v) is 9.90. The van der Waals surface area contributed by atoms with Crippen LogP contribution in [-0.4, -0.2) is 47.8 Å². The van der Waals surface area contributed by atoms with Gasteiger partial charge >= 0.3 is 12.2 Å². The average Bonchev–Trinajstić information content (AvgIpc) is 2.99. The Hall–Kier alpha value is -3.76. The van der Waals surface area contributed by atoms with Crippen LogP contribution in [-0.2, 0) is 11.3 Å². The van der Waals surface area contributed by atoms with E-state index >= 15 is 0 Å². The van der Waals surface area contributed by atoms with Crippen LogP contribution in [0.2, 0.25) is 0 Å². The van der Waals surface area contributed by atoms with Crippen LogP contribution in [0.15, 0.2) is 48.5 Å². The summed E-state index contributed by atoms with van der Waals surface area (Å²) in [5.74, 6) is -1.91. The monoisotopic (exact) mass is 465 g/mol. The predicted octanol–water partition coefficient (Wildman–Crippen LogP) is 3.22. The lowest BCUT2D eigenvalue weighted by Gasteiger charge is -2.30. The second-order valence-electron chi connectivity index (χ2n) is 7.56. The minimum absolute atomic E-state index is 0.138. The number of urea groups is 1. The molecule has 0 bridgehead atoms. The van der Waals surface area contributed by atoms with Gasteiger partial charge in [0.15, 0.2) is 0 Å². The molecule has 1 saturated heterocycles. The number of nitrogens with zero attached hydrogens (tertiary/aromatic N) is 1. The number of carbonyl (C=O) groups excluding carboxylic acids is 3. The van der Waals surface area contributed by atoms with E-state index in [-0.39, 0.29) is 11.7 Å². The fourth-order valence-electron chi connectivity index (χ4n) is 3.18. The van der Waals surface area contributed by atoms with E-state index in [1.165, 1.54) is 43.5 Å². The fraction of sp³-hybridized carbons (Fsp3) is 0.318. The van der Waals surface area contributed by atoms with Gasteiger partial charge in [-0.05, 0) is 55.8 Å². The summed E-state index contributed by atoms with van der Waals surface area (Å²) in [6.45, 7) is 3.16. The summed E-state index contributed by atoms with van der Waals surface area (Å²) in [6.07, 6.45) is -5.44. The lowest BCUT2D eigenvalue weighted by atomic mass is 10.1. The van der Waals surface area contributed by atoms with Crippen molar-refractivity contribution >= 4 is 17.8 Å². The average molecular weight is 465 g/mol. The molecular weight excluding hydrogens is 443 g/mol. The zero-order valence-corrected chi connectivity index (χ0v) is 18.0. The Morgan fingerprint density at radius 3 is 2.15 bits per heavy atom. The van der Waals surface area contributed by atoms with Crippen molar-refractivity contribution < 1.29 is 37.0 Å². The molecule has 1 aliphatic heterocycles. The van der Waals surface area contributed by atoms with E-state index in [1.54, 1.807) is 36.6 Å². The smallest absolute Gasteiger partial charge is 0.440 e. The van der Waals surface area contributed by atoms with Crippen molar-refractivity contribution in [1.29, 1.82) is 0 Å². The van der Waals surface area contributed by atoms with Crippen LogP contribution in [0, 0.1) is 0 Å². The molecule has 3 rings (SSSR count). The van der Waals surface area contributed by atoms with E-state index in [4.69, 9.17) is 9.47 Å². The van der Waals surface area contributed by atoms with Gasteiger partial charge in [-0.3, -0.25) is 19.8 Å². The zero-order valence-electron chi connectivity index (χ0n) is 18.0. The summed E-state index contributed by atoms with van der Waals surface area (Å²) >= 11 is 0. The van der Waals surface area contributed by atoms with E-state index in [2.05, 4.69) is 0 Å². The van der Waals surface area contributed by atoms with Crippen LogP contribution in [0.25, 0.3) is 0 Å². The lowest BCUT2D eigenvalue weighted by molar-refractivity contribution is -0.200. The highest BCUT2D eigenvalue weighted by atomic mass is 19.4. The number of rotatable bonds is 7. The van der Waals surface area contributed by atoms with Crippen molar-refractivity contribution in [2.75, 3.05) is 7.11 Å². The number of hydrogen-bond donors (Lipinski definition) is 2. The molecule has 0 aliphatic carbocycles. The van der Waals surface area contributed by atoms with Crippen molar-refractivity contribution in [3.05, 3.63) is 59.7 Å². The number of benzene rings is 2. The Kier molecular flexibility index (Phi) is 6.52. The molecular formula is C22H22F3N3O5. The molecule has 1 fully saturated rings. The van der Waals surface area contributed by atoms with Gasteiger partial charge in [-0.25, -0.2) is 4.79 Å². The zero-order chi connectivity index (χ0) is 24.4. The predicted molar refractivity (Wildman–Crippen MR) is 111 cm³/mol. The molecule has 1 atom stereocenters. The quantitative estimate of drug-likeness (QED) is 0.612. The standard InChI is InChI=1S/C22H22F3N3O5/c1-13(2)33-17-10-6-15(7-11-17)18(29)26-21(22(23,24)25)19(30)28(20(31)27-21)12-14-4-8-16(32-3)9-5-14/h4-11,13H,12H2,1-3H3,(H,26,29)(H,27,31). The maximum Gasteiger partial charge on any atom is 0.440 e. The molecule has 0 radical (unpaired) electrons. The van der Waals surface area contributed by atoms with E-state index in [0.29, 0.717) is 22.0 Å². The van der Waals surface area contributed by atoms with Crippen LogP contribution in [0.4, 0.5) is 18.0 Å².